The molecule has 0 radical (unpaired) electrons. The molecule has 1 aliphatic rings. The van der Waals surface area contributed by atoms with Crippen molar-refractivity contribution in [3.63, 3.8) is 0 Å². The number of aldehydes is 1. The predicted octanol–water partition coefficient (Wildman–Crippen LogP) is 2.37. The van der Waals surface area contributed by atoms with Crippen LogP contribution in [0.15, 0.2) is 12.1 Å². The van der Waals surface area contributed by atoms with E-state index in [1.165, 1.54) is 0 Å². The third-order valence-electron chi connectivity index (χ3n) is 3.26. The normalized spacial score (nSPS) is 14.7. The van der Waals surface area contributed by atoms with E-state index < -0.39 is 5.60 Å². The second kappa shape index (κ2) is 5.15. The summed E-state index contributed by atoms with van der Waals surface area (Å²) in [6.45, 7) is 6.41. The maximum Gasteiger partial charge on any atom is 0.410 e. The van der Waals surface area contributed by atoms with Crippen LogP contribution in [-0.2, 0) is 17.7 Å². The average molecular weight is 276 g/mol. The molecule has 5 nitrogen and oxygen atoms in total. The molecule has 2 rings (SSSR count). The molecule has 108 valence electrons. The molecule has 1 amide bonds. The first-order valence-electron chi connectivity index (χ1n) is 6.65. The summed E-state index contributed by atoms with van der Waals surface area (Å²) < 4.78 is 5.36. The number of amides is 1. The first kappa shape index (κ1) is 14.4. The average Bonchev–Trinajstić information content (AvgIpc) is 2.37. The van der Waals surface area contributed by atoms with Gasteiger partial charge in [-0.05, 0) is 50.5 Å². The minimum atomic E-state index is -0.527. The largest absolute Gasteiger partial charge is 0.444 e. The monoisotopic (exact) mass is 276 g/mol. The third kappa shape index (κ3) is 2.92. The van der Waals surface area contributed by atoms with Gasteiger partial charge < -0.3 is 15.4 Å². The van der Waals surface area contributed by atoms with Crippen molar-refractivity contribution in [1.29, 1.82) is 0 Å². The lowest BCUT2D eigenvalue weighted by Crippen LogP contribution is -2.40. The fourth-order valence-electron chi connectivity index (χ4n) is 2.32. The van der Waals surface area contributed by atoms with Gasteiger partial charge in [-0.25, -0.2) is 4.79 Å². The molecule has 5 heteroatoms. The third-order valence-corrected chi connectivity index (χ3v) is 3.26. The SMILES string of the molecule is CC(C)(C)OC(=O)N1CCc2c(N)ccc(C=O)c2C1. The maximum absolute atomic E-state index is 12.1. The van der Waals surface area contributed by atoms with E-state index in [1.807, 2.05) is 20.8 Å². The zero-order valence-corrected chi connectivity index (χ0v) is 12.1. The van der Waals surface area contributed by atoms with Gasteiger partial charge in [0.15, 0.2) is 0 Å². The Morgan fingerprint density at radius 1 is 1.35 bits per heavy atom. The first-order valence-corrected chi connectivity index (χ1v) is 6.65. The van der Waals surface area contributed by atoms with Crippen molar-refractivity contribution >= 4 is 18.1 Å². The summed E-state index contributed by atoms with van der Waals surface area (Å²) in [5.41, 5.74) is 8.47. The smallest absolute Gasteiger partial charge is 0.410 e. The number of carbonyl (C=O) groups is 2. The summed E-state index contributed by atoms with van der Waals surface area (Å²) in [4.78, 5) is 24.8. The lowest BCUT2D eigenvalue weighted by molar-refractivity contribution is 0.0223. The van der Waals surface area contributed by atoms with Crippen molar-refractivity contribution in [2.75, 3.05) is 12.3 Å². The number of nitrogen functional groups attached to an aromatic ring is 1. The van der Waals surface area contributed by atoms with Crippen LogP contribution in [-0.4, -0.2) is 29.4 Å². The molecule has 0 unspecified atom stereocenters. The van der Waals surface area contributed by atoms with E-state index >= 15 is 0 Å². The van der Waals surface area contributed by atoms with Crippen molar-refractivity contribution in [1.82, 2.24) is 4.90 Å². The lowest BCUT2D eigenvalue weighted by atomic mass is 9.94. The van der Waals surface area contributed by atoms with E-state index in [9.17, 15) is 9.59 Å². The minimum Gasteiger partial charge on any atom is -0.444 e. The first-order chi connectivity index (χ1) is 9.31. The Bertz CT molecular complexity index is 547. The van der Waals surface area contributed by atoms with E-state index in [1.54, 1.807) is 17.0 Å². The molecule has 0 aromatic heterocycles. The van der Waals surface area contributed by atoms with Gasteiger partial charge in [0.05, 0.1) is 6.54 Å². The van der Waals surface area contributed by atoms with Gasteiger partial charge in [-0.3, -0.25) is 4.79 Å². The summed E-state index contributed by atoms with van der Waals surface area (Å²) in [5, 5.41) is 0. The van der Waals surface area contributed by atoms with Gasteiger partial charge in [0.1, 0.15) is 11.9 Å². The van der Waals surface area contributed by atoms with E-state index in [0.29, 0.717) is 30.8 Å². The van der Waals surface area contributed by atoms with Crippen molar-refractivity contribution in [2.24, 2.45) is 0 Å². The Morgan fingerprint density at radius 3 is 2.65 bits per heavy atom. The molecule has 0 aliphatic carbocycles. The highest BCUT2D eigenvalue weighted by Gasteiger charge is 2.27. The Balaban J connectivity index is 2.24. The van der Waals surface area contributed by atoms with Crippen LogP contribution in [0.1, 0.15) is 42.3 Å². The molecular formula is C15H20N2O3. The molecule has 0 atom stereocenters. The van der Waals surface area contributed by atoms with Crippen LogP contribution in [0.2, 0.25) is 0 Å². The quantitative estimate of drug-likeness (QED) is 0.631. The van der Waals surface area contributed by atoms with Gasteiger partial charge in [0, 0.05) is 17.8 Å². The molecule has 0 saturated heterocycles. The van der Waals surface area contributed by atoms with E-state index in [2.05, 4.69) is 0 Å². The number of hydrogen-bond acceptors (Lipinski definition) is 4. The summed E-state index contributed by atoms with van der Waals surface area (Å²) in [5.74, 6) is 0. The highest BCUT2D eigenvalue weighted by molar-refractivity contribution is 5.81. The fourth-order valence-corrected chi connectivity index (χ4v) is 2.32. The lowest BCUT2D eigenvalue weighted by Gasteiger charge is -2.32. The van der Waals surface area contributed by atoms with Gasteiger partial charge >= 0.3 is 6.09 Å². The van der Waals surface area contributed by atoms with Gasteiger partial charge in [0.2, 0.25) is 0 Å². The molecule has 1 aromatic rings. The Kier molecular flexibility index (Phi) is 3.70. The van der Waals surface area contributed by atoms with Crippen molar-refractivity contribution in [3.8, 4) is 0 Å². The zero-order valence-electron chi connectivity index (χ0n) is 12.1. The number of rotatable bonds is 1. The number of nitrogens with zero attached hydrogens (tertiary/aromatic N) is 1. The van der Waals surface area contributed by atoms with Crippen LogP contribution in [0.25, 0.3) is 0 Å². The number of nitrogens with two attached hydrogens (primary N) is 1. The highest BCUT2D eigenvalue weighted by Crippen LogP contribution is 2.27. The molecule has 0 bridgehead atoms. The van der Waals surface area contributed by atoms with Gasteiger partial charge in [0.25, 0.3) is 0 Å². The van der Waals surface area contributed by atoms with Crippen molar-refractivity contribution in [3.05, 3.63) is 28.8 Å². The summed E-state index contributed by atoms with van der Waals surface area (Å²) in [7, 11) is 0. The van der Waals surface area contributed by atoms with Crippen LogP contribution in [0.4, 0.5) is 10.5 Å². The molecule has 1 aliphatic heterocycles. The number of fused-ring (bicyclic) bond motifs is 1. The summed E-state index contributed by atoms with van der Waals surface area (Å²) >= 11 is 0. The maximum atomic E-state index is 12.1. The van der Waals surface area contributed by atoms with Crippen LogP contribution in [0, 0.1) is 0 Å². The van der Waals surface area contributed by atoms with Gasteiger partial charge in [-0.15, -0.1) is 0 Å². The Labute approximate surface area is 118 Å². The Morgan fingerprint density at radius 2 is 2.05 bits per heavy atom. The molecule has 1 aromatic carbocycles. The minimum absolute atomic E-state index is 0.359. The van der Waals surface area contributed by atoms with Gasteiger partial charge in [-0.1, -0.05) is 0 Å². The van der Waals surface area contributed by atoms with Crippen LogP contribution in [0.5, 0.6) is 0 Å². The topological polar surface area (TPSA) is 72.6 Å². The molecule has 0 saturated carbocycles. The van der Waals surface area contributed by atoms with Crippen LogP contribution < -0.4 is 5.73 Å². The van der Waals surface area contributed by atoms with E-state index in [-0.39, 0.29) is 6.09 Å². The second-order valence-corrected chi connectivity index (χ2v) is 5.97. The number of anilines is 1. The molecule has 2 N–H and O–H groups in total. The van der Waals surface area contributed by atoms with Crippen molar-refractivity contribution in [2.45, 2.75) is 39.3 Å². The molecular weight excluding hydrogens is 256 g/mol. The highest BCUT2D eigenvalue weighted by atomic mass is 16.6. The second-order valence-electron chi connectivity index (χ2n) is 5.97. The van der Waals surface area contributed by atoms with E-state index in [4.69, 9.17) is 10.5 Å². The fraction of sp³-hybridized carbons (Fsp3) is 0.467. The number of ether oxygens (including phenoxy) is 1. The standard InChI is InChI=1S/C15H20N2O3/c1-15(2,3)20-14(19)17-7-6-11-12(8-17)10(9-18)4-5-13(11)16/h4-5,9H,6-8,16H2,1-3H3. The Hall–Kier alpha value is -2.04. The summed E-state index contributed by atoms with van der Waals surface area (Å²) in [6, 6.07) is 3.44. The van der Waals surface area contributed by atoms with Crippen LogP contribution in [0.3, 0.4) is 0 Å². The molecule has 0 spiro atoms. The van der Waals surface area contributed by atoms with E-state index in [0.717, 1.165) is 17.4 Å². The zero-order chi connectivity index (χ0) is 14.9. The molecule has 20 heavy (non-hydrogen) atoms. The molecule has 1 heterocycles. The number of benzene rings is 1. The van der Waals surface area contributed by atoms with Gasteiger partial charge in [-0.2, -0.15) is 0 Å². The molecule has 0 fully saturated rings. The van der Waals surface area contributed by atoms with Crippen molar-refractivity contribution < 1.29 is 14.3 Å². The summed E-state index contributed by atoms with van der Waals surface area (Å²) in [6.07, 6.45) is 1.08. The number of hydrogen-bond donors (Lipinski definition) is 1. The number of carbonyl (C=O) groups excluding carboxylic acids is 2. The van der Waals surface area contributed by atoms with Crippen LogP contribution >= 0.6 is 0 Å². The predicted molar refractivity (Wildman–Crippen MR) is 76.6 cm³/mol.